The third kappa shape index (κ3) is 5.77. The Morgan fingerprint density at radius 2 is 1.12 bits per heavy atom. The Bertz CT molecular complexity index is 452. The largest absolute Gasteiger partial charge is 0.346 e. The Kier molecular flexibility index (Phi) is 7.76. The number of rotatable bonds is 6. The summed E-state index contributed by atoms with van der Waals surface area (Å²) >= 11 is 5.15. The molecular formula is C13H20I3N5O3. The monoisotopic (exact) mass is 675 g/mol. The first-order valence-corrected chi connectivity index (χ1v) is 10.8. The van der Waals surface area contributed by atoms with Gasteiger partial charge in [0.2, 0.25) is 0 Å². The van der Waals surface area contributed by atoms with Crippen molar-refractivity contribution in [3.63, 3.8) is 0 Å². The summed E-state index contributed by atoms with van der Waals surface area (Å²) in [7, 11) is 0. The second-order valence-electron chi connectivity index (χ2n) is 6.35. The van der Waals surface area contributed by atoms with Crippen LogP contribution in [0.5, 0.6) is 0 Å². The molecule has 0 saturated carbocycles. The maximum absolute atomic E-state index is 11.3. The molecule has 11 heteroatoms. The van der Waals surface area contributed by atoms with Crippen molar-refractivity contribution in [2.24, 2.45) is 5.73 Å². The van der Waals surface area contributed by atoms with Gasteiger partial charge in [-0.15, -0.1) is 0 Å². The van der Waals surface area contributed by atoms with E-state index in [0.29, 0.717) is 19.6 Å². The molecule has 0 aromatic rings. The number of fused-ring (bicyclic) bond motifs is 3. The highest BCUT2D eigenvalue weighted by atomic mass is 127. The quantitative estimate of drug-likeness (QED) is 0.195. The predicted molar refractivity (Wildman–Crippen MR) is 116 cm³/mol. The molecule has 24 heavy (non-hydrogen) atoms. The molecule has 8 nitrogen and oxygen atoms in total. The van der Waals surface area contributed by atoms with Crippen molar-refractivity contribution < 1.29 is 14.4 Å². The standard InChI is InChI=1S/C13H20I3N5O3/c14-10(22)18-4-7-1-13(17)2-8(5-19-11(15)23)21(7)9(3-13)6-20-12(16)24/h7-9H,1-6,17H2,(H,18,22)(H,19,23)(H,20,24)/t7-,8?,9?,13?/m1/s1. The number of halogens is 3. The molecule has 3 rings (SSSR count). The molecule has 3 aliphatic rings. The SMILES string of the molecule is NC12CC(CNC(=O)I)N(C(CNC(=O)I)C1)[C@@H](CNC(=O)I)C2. The van der Waals surface area contributed by atoms with Gasteiger partial charge in [0.1, 0.15) is 0 Å². The molecule has 3 heterocycles. The van der Waals surface area contributed by atoms with Crippen LogP contribution in [0.15, 0.2) is 0 Å². The average Bonchev–Trinajstić information content (AvgIpc) is 2.47. The van der Waals surface area contributed by atoms with Crippen LogP contribution < -0.4 is 21.7 Å². The minimum atomic E-state index is -0.337. The first-order chi connectivity index (χ1) is 11.2. The maximum Gasteiger partial charge on any atom is 0.280 e. The van der Waals surface area contributed by atoms with Crippen LogP contribution in [0.4, 0.5) is 14.4 Å². The number of nitrogens with two attached hydrogens (primary N) is 1. The Hall–Kier alpha value is 0.520. The van der Waals surface area contributed by atoms with E-state index in [-0.39, 0.29) is 35.4 Å². The molecule has 0 aromatic heterocycles. The second kappa shape index (κ2) is 8.94. The molecule has 2 bridgehead atoms. The lowest BCUT2D eigenvalue weighted by molar-refractivity contribution is -0.0572. The van der Waals surface area contributed by atoms with Gasteiger partial charge in [-0.05, 0) is 19.3 Å². The van der Waals surface area contributed by atoms with Crippen molar-refractivity contribution in [1.29, 1.82) is 0 Å². The van der Waals surface area contributed by atoms with E-state index in [1.807, 2.05) is 0 Å². The number of nitrogens with zero attached hydrogens (tertiary/aromatic N) is 1. The topological polar surface area (TPSA) is 117 Å². The molecule has 3 atom stereocenters. The predicted octanol–water partition coefficient (Wildman–Crippen LogP) is 1.72. The number of carbonyl (C=O) groups is 3. The van der Waals surface area contributed by atoms with Crippen molar-refractivity contribution in [3.05, 3.63) is 0 Å². The summed E-state index contributed by atoms with van der Waals surface area (Å²) in [5, 5.41) is 8.58. The van der Waals surface area contributed by atoms with Crippen LogP contribution in [0.25, 0.3) is 0 Å². The van der Waals surface area contributed by atoms with E-state index in [4.69, 9.17) is 5.73 Å². The lowest BCUT2D eigenvalue weighted by Crippen LogP contribution is -2.73. The fraction of sp³-hybridized carbons (Fsp3) is 0.769. The van der Waals surface area contributed by atoms with Gasteiger partial charge in [-0.25, -0.2) is 0 Å². The summed E-state index contributed by atoms with van der Waals surface area (Å²) in [6.45, 7) is 1.55. The van der Waals surface area contributed by atoms with E-state index in [0.717, 1.165) is 19.3 Å². The first kappa shape index (κ1) is 20.8. The molecule has 3 fully saturated rings. The van der Waals surface area contributed by atoms with Crippen LogP contribution in [0, 0.1) is 0 Å². The van der Waals surface area contributed by atoms with Crippen molar-refractivity contribution >= 4 is 79.5 Å². The van der Waals surface area contributed by atoms with Crippen molar-refractivity contribution in [2.75, 3.05) is 19.6 Å². The third-order valence-electron chi connectivity index (χ3n) is 4.62. The van der Waals surface area contributed by atoms with Crippen LogP contribution in [0.2, 0.25) is 0 Å². The fourth-order valence-corrected chi connectivity index (χ4v) is 4.66. The van der Waals surface area contributed by atoms with Crippen LogP contribution in [-0.2, 0) is 0 Å². The van der Waals surface area contributed by atoms with Gasteiger partial charge in [0.25, 0.3) is 11.7 Å². The number of amides is 3. The molecule has 0 aliphatic carbocycles. The summed E-state index contributed by atoms with van der Waals surface area (Å²) in [6, 6.07) is 0.301. The summed E-state index contributed by atoms with van der Waals surface area (Å²) in [5.74, 6) is 0. The van der Waals surface area contributed by atoms with Crippen molar-refractivity contribution in [1.82, 2.24) is 20.9 Å². The highest BCUT2D eigenvalue weighted by Crippen LogP contribution is 2.41. The van der Waals surface area contributed by atoms with Gasteiger partial charge in [0.05, 0.1) is 0 Å². The normalized spacial score (nSPS) is 34.5. The van der Waals surface area contributed by atoms with E-state index < -0.39 is 0 Å². The van der Waals surface area contributed by atoms with E-state index >= 15 is 0 Å². The highest BCUT2D eigenvalue weighted by molar-refractivity contribution is 14.1. The molecule has 3 saturated heterocycles. The summed E-state index contributed by atoms with van der Waals surface area (Å²) in [4.78, 5) is 36.1. The van der Waals surface area contributed by atoms with E-state index in [9.17, 15) is 14.4 Å². The lowest BCUT2D eigenvalue weighted by Gasteiger charge is -2.59. The Balaban J connectivity index is 2.15. The number of carbonyl (C=O) groups excluding carboxylic acids is 3. The minimum absolute atomic E-state index is 0.100. The lowest BCUT2D eigenvalue weighted by atomic mass is 9.69. The van der Waals surface area contributed by atoms with Gasteiger partial charge in [-0.2, -0.15) is 0 Å². The van der Waals surface area contributed by atoms with Gasteiger partial charge < -0.3 is 21.7 Å². The van der Waals surface area contributed by atoms with E-state index in [2.05, 4.69) is 20.9 Å². The number of nitrogens with one attached hydrogen (secondary N) is 3. The molecule has 5 N–H and O–H groups in total. The van der Waals surface area contributed by atoms with Gasteiger partial charge in [-0.3, -0.25) is 19.3 Å². The third-order valence-corrected chi connectivity index (χ3v) is 5.77. The molecule has 136 valence electrons. The van der Waals surface area contributed by atoms with Crippen molar-refractivity contribution in [3.8, 4) is 0 Å². The highest BCUT2D eigenvalue weighted by Gasteiger charge is 2.51. The Labute approximate surface area is 181 Å². The maximum atomic E-state index is 11.3. The summed E-state index contributed by atoms with van der Waals surface area (Å²) in [5.41, 5.74) is 6.28. The first-order valence-electron chi connectivity index (χ1n) is 7.56. The van der Waals surface area contributed by atoms with Gasteiger partial charge in [0, 0.05) is 111 Å². The van der Waals surface area contributed by atoms with Gasteiger partial charge in [-0.1, -0.05) is 0 Å². The molecule has 0 spiro atoms. The van der Waals surface area contributed by atoms with Gasteiger partial charge >= 0.3 is 0 Å². The minimum Gasteiger partial charge on any atom is -0.346 e. The molecule has 3 amide bonds. The molecule has 3 aliphatic heterocycles. The number of hydrogen-bond donors (Lipinski definition) is 4. The molecule has 0 aromatic carbocycles. The van der Waals surface area contributed by atoms with Crippen LogP contribution in [0.1, 0.15) is 19.3 Å². The Morgan fingerprint density at radius 3 is 1.38 bits per heavy atom. The zero-order valence-electron chi connectivity index (χ0n) is 12.9. The molecular weight excluding hydrogens is 655 g/mol. The number of hydrogen-bond acceptors (Lipinski definition) is 5. The smallest absolute Gasteiger partial charge is 0.280 e. The van der Waals surface area contributed by atoms with Gasteiger partial charge in [0.15, 0.2) is 0 Å². The summed E-state index contributed by atoms with van der Waals surface area (Å²) < 4.78 is -0.304. The van der Waals surface area contributed by atoms with E-state index in [1.54, 1.807) is 67.8 Å². The summed E-state index contributed by atoms with van der Waals surface area (Å²) in [6.07, 6.45) is 2.40. The fourth-order valence-electron chi connectivity index (χ4n) is 4.00. The molecule has 0 radical (unpaired) electrons. The second-order valence-corrected chi connectivity index (χ2v) is 9.29. The van der Waals surface area contributed by atoms with E-state index in [1.165, 1.54) is 0 Å². The Morgan fingerprint density at radius 1 is 0.833 bits per heavy atom. The zero-order chi connectivity index (χ0) is 17.9. The van der Waals surface area contributed by atoms with Crippen LogP contribution >= 0.6 is 67.8 Å². The molecule has 2 unspecified atom stereocenters. The zero-order valence-corrected chi connectivity index (χ0v) is 19.3. The van der Waals surface area contributed by atoms with Crippen LogP contribution in [-0.4, -0.2) is 59.9 Å². The van der Waals surface area contributed by atoms with Crippen LogP contribution in [0.3, 0.4) is 0 Å². The average molecular weight is 675 g/mol. The number of piperidine rings is 3. The van der Waals surface area contributed by atoms with Crippen molar-refractivity contribution in [2.45, 2.75) is 42.9 Å².